The van der Waals surface area contributed by atoms with Crippen molar-refractivity contribution in [2.75, 3.05) is 0 Å². The summed E-state index contributed by atoms with van der Waals surface area (Å²) in [5, 5.41) is 8.53. The average molecular weight is 719 g/mol. The molecule has 3 heterocycles. The van der Waals surface area contributed by atoms with Crippen molar-refractivity contribution in [2.45, 2.75) is 0 Å². The molecule has 11 aromatic rings. The zero-order valence-corrected chi connectivity index (χ0v) is 30.3. The summed E-state index contributed by atoms with van der Waals surface area (Å²) in [5.74, 6) is 1.95. The molecule has 0 saturated heterocycles. The van der Waals surface area contributed by atoms with Crippen LogP contribution in [0.4, 0.5) is 0 Å². The molecule has 0 N–H and O–H groups in total. The van der Waals surface area contributed by atoms with Crippen LogP contribution in [0.3, 0.4) is 0 Å². The summed E-state index contributed by atoms with van der Waals surface area (Å²) in [6.07, 6.45) is 0. The van der Waals surface area contributed by atoms with Crippen molar-refractivity contribution in [3.05, 3.63) is 182 Å². The second-order valence-electron chi connectivity index (χ2n) is 13.8. The SMILES string of the molecule is c1ccc(-c2nc(-c3ccccc3)nc(-c3ccc(-c4ccc5nc(-c6cc7ccccc7c7ccccc67)c6c7ccccc7sc6c5c4)cc3)n2)cc1. The Morgan fingerprint density at radius 3 is 1.56 bits per heavy atom. The first kappa shape index (κ1) is 31.4. The quantitative estimate of drug-likeness (QED) is 0.166. The maximum Gasteiger partial charge on any atom is 0.164 e. The Balaban J connectivity index is 1.05. The van der Waals surface area contributed by atoms with E-state index in [-0.39, 0.29) is 0 Å². The number of pyridine rings is 1. The molecular weight excluding hydrogens is 689 g/mol. The first-order valence-corrected chi connectivity index (χ1v) is 19.2. The van der Waals surface area contributed by atoms with Gasteiger partial charge in [-0.25, -0.2) is 19.9 Å². The van der Waals surface area contributed by atoms with Crippen LogP contribution in [0.5, 0.6) is 0 Å². The topological polar surface area (TPSA) is 51.6 Å². The van der Waals surface area contributed by atoms with E-state index in [1.807, 2.05) is 72.0 Å². The molecule has 0 fully saturated rings. The van der Waals surface area contributed by atoms with Gasteiger partial charge in [-0.3, -0.25) is 0 Å². The van der Waals surface area contributed by atoms with Crippen LogP contribution in [0.25, 0.3) is 109 Å². The van der Waals surface area contributed by atoms with E-state index < -0.39 is 0 Å². The van der Waals surface area contributed by atoms with Gasteiger partial charge in [0.1, 0.15) is 0 Å². The first-order chi connectivity index (χ1) is 27.2. The number of hydrogen-bond donors (Lipinski definition) is 0. The fourth-order valence-corrected chi connectivity index (χ4v) is 9.06. The van der Waals surface area contributed by atoms with Crippen LogP contribution in [0.1, 0.15) is 0 Å². The molecule has 0 aliphatic rings. The lowest BCUT2D eigenvalue weighted by atomic mass is 9.93. The molecule has 0 aliphatic heterocycles. The van der Waals surface area contributed by atoms with Gasteiger partial charge in [0.15, 0.2) is 17.5 Å². The smallest absolute Gasteiger partial charge is 0.164 e. The first-order valence-electron chi connectivity index (χ1n) is 18.4. The number of fused-ring (bicyclic) bond motifs is 8. The van der Waals surface area contributed by atoms with E-state index in [2.05, 4.69) is 121 Å². The molecule has 0 saturated carbocycles. The van der Waals surface area contributed by atoms with Gasteiger partial charge in [0.25, 0.3) is 0 Å². The molecule has 0 atom stereocenters. The molecule has 4 nitrogen and oxygen atoms in total. The predicted molar refractivity (Wildman–Crippen MR) is 230 cm³/mol. The standard InChI is InChI=1S/C50H30N4S/c1-3-13-32(14-4-1)48-52-49(33-15-5-2-6-16-33)54-50(53-48)34-25-23-31(24-26-34)35-27-28-43-42(29-35)47-45(40-21-11-12-22-44(40)55-47)46(51-43)41-30-36-17-7-8-18-37(36)38-19-9-10-20-39(38)41/h1-30H. The molecule has 11 rings (SSSR count). The summed E-state index contributed by atoms with van der Waals surface area (Å²) in [4.78, 5) is 20.2. The monoisotopic (exact) mass is 718 g/mol. The van der Waals surface area contributed by atoms with E-state index in [0.717, 1.165) is 50.0 Å². The van der Waals surface area contributed by atoms with Gasteiger partial charge in [-0.15, -0.1) is 11.3 Å². The molecule has 8 aromatic carbocycles. The van der Waals surface area contributed by atoms with Gasteiger partial charge in [-0.2, -0.15) is 0 Å². The van der Waals surface area contributed by atoms with Crippen LogP contribution in [0.2, 0.25) is 0 Å². The minimum Gasteiger partial charge on any atom is -0.247 e. The van der Waals surface area contributed by atoms with Crippen molar-refractivity contribution in [2.24, 2.45) is 0 Å². The van der Waals surface area contributed by atoms with Gasteiger partial charge in [-0.05, 0) is 56.9 Å². The third kappa shape index (κ3) is 5.36. The van der Waals surface area contributed by atoms with E-state index in [4.69, 9.17) is 19.9 Å². The Labute approximate surface area is 321 Å². The Morgan fingerprint density at radius 1 is 0.345 bits per heavy atom. The van der Waals surface area contributed by atoms with E-state index in [1.54, 1.807) is 0 Å². The van der Waals surface area contributed by atoms with Crippen LogP contribution in [0, 0.1) is 0 Å². The number of nitrogens with zero attached hydrogens (tertiary/aromatic N) is 4. The lowest BCUT2D eigenvalue weighted by molar-refractivity contribution is 1.07. The van der Waals surface area contributed by atoms with Gasteiger partial charge >= 0.3 is 0 Å². The molecular formula is C50H30N4S. The zero-order chi connectivity index (χ0) is 36.3. The molecule has 3 aromatic heterocycles. The van der Waals surface area contributed by atoms with Crippen LogP contribution in [-0.4, -0.2) is 19.9 Å². The molecule has 0 unspecified atom stereocenters. The van der Waals surface area contributed by atoms with E-state index in [1.165, 1.54) is 41.7 Å². The number of aromatic nitrogens is 4. The fourth-order valence-electron chi connectivity index (χ4n) is 7.84. The Kier molecular flexibility index (Phi) is 7.32. The second-order valence-corrected chi connectivity index (χ2v) is 14.9. The lowest BCUT2D eigenvalue weighted by Crippen LogP contribution is -2.00. The van der Waals surface area contributed by atoms with Gasteiger partial charge < -0.3 is 0 Å². The number of thiophene rings is 1. The van der Waals surface area contributed by atoms with Crippen molar-refractivity contribution in [1.82, 2.24) is 19.9 Å². The molecule has 0 amide bonds. The molecule has 0 aliphatic carbocycles. The highest BCUT2D eigenvalue weighted by atomic mass is 32.1. The van der Waals surface area contributed by atoms with Crippen molar-refractivity contribution in [1.29, 1.82) is 0 Å². The van der Waals surface area contributed by atoms with Crippen LogP contribution in [0.15, 0.2) is 182 Å². The van der Waals surface area contributed by atoms with Gasteiger partial charge in [0.05, 0.1) is 11.2 Å². The Bertz CT molecular complexity index is 3190. The molecule has 0 bridgehead atoms. The van der Waals surface area contributed by atoms with Crippen LogP contribution < -0.4 is 0 Å². The fraction of sp³-hybridized carbons (Fsp3) is 0. The number of hydrogen-bond acceptors (Lipinski definition) is 5. The van der Waals surface area contributed by atoms with Crippen LogP contribution >= 0.6 is 11.3 Å². The van der Waals surface area contributed by atoms with Crippen molar-refractivity contribution in [3.8, 4) is 56.5 Å². The second kappa shape index (κ2) is 12.8. The molecule has 55 heavy (non-hydrogen) atoms. The third-order valence-corrected chi connectivity index (χ3v) is 11.7. The Morgan fingerprint density at radius 2 is 0.873 bits per heavy atom. The van der Waals surface area contributed by atoms with Gasteiger partial charge in [0.2, 0.25) is 0 Å². The maximum absolute atomic E-state index is 5.49. The van der Waals surface area contributed by atoms with E-state index in [0.29, 0.717) is 17.5 Å². The predicted octanol–water partition coefficient (Wildman–Crippen LogP) is 13.4. The van der Waals surface area contributed by atoms with Gasteiger partial charge in [-0.1, -0.05) is 158 Å². The minimum atomic E-state index is 0.641. The molecule has 0 radical (unpaired) electrons. The highest BCUT2D eigenvalue weighted by Gasteiger charge is 2.20. The van der Waals surface area contributed by atoms with Crippen molar-refractivity contribution in [3.63, 3.8) is 0 Å². The highest BCUT2D eigenvalue weighted by Crippen LogP contribution is 2.46. The van der Waals surface area contributed by atoms with Crippen molar-refractivity contribution >= 4 is 64.0 Å². The minimum absolute atomic E-state index is 0.641. The molecule has 256 valence electrons. The molecule has 0 spiro atoms. The Hall–Kier alpha value is -7.08. The maximum atomic E-state index is 5.49. The lowest BCUT2D eigenvalue weighted by Gasteiger charge is -2.14. The average Bonchev–Trinajstić information content (AvgIpc) is 3.66. The van der Waals surface area contributed by atoms with Gasteiger partial charge in [0, 0.05) is 47.8 Å². The van der Waals surface area contributed by atoms with E-state index in [9.17, 15) is 0 Å². The number of benzene rings is 8. The summed E-state index contributed by atoms with van der Waals surface area (Å²) in [6.45, 7) is 0. The third-order valence-electron chi connectivity index (χ3n) is 10.5. The summed E-state index contributed by atoms with van der Waals surface area (Å²) in [5.41, 5.74) is 8.26. The van der Waals surface area contributed by atoms with Crippen molar-refractivity contribution < 1.29 is 0 Å². The zero-order valence-electron chi connectivity index (χ0n) is 29.5. The van der Waals surface area contributed by atoms with E-state index >= 15 is 0 Å². The van der Waals surface area contributed by atoms with Crippen LogP contribution in [-0.2, 0) is 0 Å². The summed E-state index contributed by atoms with van der Waals surface area (Å²) in [6, 6.07) is 63.8. The normalized spacial score (nSPS) is 11.6. The molecule has 5 heteroatoms. The highest BCUT2D eigenvalue weighted by molar-refractivity contribution is 7.26. The summed E-state index contributed by atoms with van der Waals surface area (Å²) in [7, 11) is 0. The largest absolute Gasteiger partial charge is 0.247 e. The summed E-state index contributed by atoms with van der Waals surface area (Å²) < 4.78 is 2.51. The summed E-state index contributed by atoms with van der Waals surface area (Å²) >= 11 is 1.85. The number of rotatable bonds is 5.